The smallest absolute Gasteiger partial charge is 0.320 e. The molecule has 1 heterocycles. The van der Waals surface area contributed by atoms with E-state index in [0.29, 0.717) is 25.9 Å². The molecule has 0 saturated carbocycles. The fourth-order valence-corrected chi connectivity index (χ4v) is 2.37. The van der Waals surface area contributed by atoms with Crippen LogP contribution in [0.4, 0.5) is 0 Å². The van der Waals surface area contributed by atoms with Crippen molar-refractivity contribution in [1.29, 1.82) is 0 Å². The van der Waals surface area contributed by atoms with Crippen LogP contribution in [0.1, 0.15) is 5.69 Å². The van der Waals surface area contributed by atoms with Crippen LogP contribution >= 0.6 is 39.1 Å². The Kier molecular flexibility index (Phi) is 4.64. The van der Waals surface area contributed by atoms with Gasteiger partial charge in [-0.15, -0.1) is 5.10 Å². The number of hydrogen-bond acceptors (Lipinski definition) is 4. The highest BCUT2D eigenvalue weighted by atomic mass is 79.9. The second kappa shape index (κ2) is 6.09. The van der Waals surface area contributed by atoms with Gasteiger partial charge in [-0.05, 0) is 28.1 Å². The second-order valence-corrected chi connectivity index (χ2v) is 5.61. The molecule has 106 valence electrons. The third kappa shape index (κ3) is 3.12. The maximum absolute atomic E-state index is 10.7. The summed E-state index contributed by atoms with van der Waals surface area (Å²) in [6.07, 6.45) is 1.64. The molecule has 1 atom stereocenters. The SMILES string of the molecule is NC(Cc1cn(-c2ccc(Br)c(Cl)c2Cl)nn1)C(=O)O. The highest BCUT2D eigenvalue weighted by molar-refractivity contribution is 9.10. The summed E-state index contributed by atoms with van der Waals surface area (Å²) in [5, 5.41) is 17.2. The van der Waals surface area contributed by atoms with Gasteiger partial charge in [-0.2, -0.15) is 0 Å². The van der Waals surface area contributed by atoms with Crippen LogP contribution in [-0.2, 0) is 11.2 Å². The number of carbonyl (C=O) groups is 1. The van der Waals surface area contributed by atoms with E-state index in [1.807, 2.05) is 0 Å². The third-order valence-corrected chi connectivity index (χ3v) is 4.31. The van der Waals surface area contributed by atoms with E-state index in [0.717, 1.165) is 0 Å². The number of hydrogen-bond donors (Lipinski definition) is 2. The van der Waals surface area contributed by atoms with Crippen molar-refractivity contribution in [1.82, 2.24) is 15.0 Å². The van der Waals surface area contributed by atoms with Crippen molar-refractivity contribution in [3.63, 3.8) is 0 Å². The molecule has 1 aromatic heterocycles. The summed E-state index contributed by atoms with van der Waals surface area (Å²) in [7, 11) is 0. The first-order chi connectivity index (χ1) is 9.40. The summed E-state index contributed by atoms with van der Waals surface area (Å²) in [5.74, 6) is -1.09. The molecule has 0 spiro atoms. The lowest BCUT2D eigenvalue weighted by Crippen LogP contribution is -2.32. The molecule has 0 aliphatic rings. The van der Waals surface area contributed by atoms with Gasteiger partial charge < -0.3 is 10.8 Å². The van der Waals surface area contributed by atoms with Crippen LogP contribution < -0.4 is 5.73 Å². The van der Waals surface area contributed by atoms with Gasteiger partial charge in [0.1, 0.15) is 6.04 Å². The summed E-state index contributed by atoms with van der Waals surface area (Å²) in [5.41, 5.74) is 6.44. The van der Waals surface area contributed by atoms with Crippen LogP contribution in [0.15, 0.2) is 22.8 Å². The van der Waals surface area contributed by atoms with Crippen molar-refractivity contribution in [3.05, 3.63) is 38.5 Å². The molecular formula is C11H9BrCl2N4O2. The van der Waals surface area contributed by atoms with E-state index in [-0.39, 0.29) is 6.42 Å². The van der Waals surface area contributed by atoms with E-state index < -0.39 is 12.0 Å². The van der Waals surface area contributed by atoms with Gasteiger partial charge in [0.05, 0.1) is 27.6 Å². The topological polar surface area (TPSA) is 94.0 Å². The van der Waals surface area contributed by atoms with Gasteiger partial charge in [0, 0.05) is 10.9 Å². The number of carboxylic acids is 1. The van der Waals surface area contributed by atoms with E-state index in [4.69, 9.17) is 34.0 Å². The lowest BCUT2D eigenvalue weighted by Gasteiger charge is -2.06. The maximum atomic E-state index is 10.7. The Morgan fingerprint density at radius 1 is 1.45 bits per heavy atom. The minimum Gasteiger partial charge on any atom is -0.480 e. The van der Waals surface area contributed by atoms with Crippen molar-refractivity contribution in [2.24, 2.45) is 5.73 Å². The number of aromatic nitrogens is 3. The van der Waals surface area contributed by atoms with Crippen molar-refractivity contribution < 1.29 is 9.90 Å². The van der Waals surface area contributed by atoms with Crippen molar-refractivity contribution >= 4 is 45.1 Å². The highest BCUT2D eigenvalue weighted by Gasteiger charge is 2.16. The summed E-state index contributed by atoms with van der Waals surface area (Å²) in [6, 6.07) is 2.42. The molecule has 1 aromatic carbocycles. The number of aliphatic carboxylic acids is 1. The number of rotatable bonds is 4. The molecule has 2 aromatic rings. The Labute approximate surface area is 132 Å². The van der Waals surface area contributed by atoms with E-state index >= 15 is 0 Å². The molecule has 3 N–H and O–H groups in total. The first-order valence-electron chi connectivity index (χ1n) is 5.43. The standard InChI is InChI=1S/C11H9BrCl2N4O2/c12-6-1-2-8(10(14)9(6)13)18-4-5(16-17-18)3-7(15)11(19)20/h1-2,4,7H,3,15H2,(H,19,20). The van der Waals surface area contributed by atoms with Gasteiger partial charge in [-0.25, -0.2) is 4.68 Å². The largest absolute Gasteiger partial charge is 0.480 e. The van der Waals surface area contributed by atoms with Crippen LogP contribution in [0.5, 0.6) is 0 Å². The molecule has 0 bridgehead atoms. The summed E-state index contributed by atoms with van der Waals surface area (Å²) < 4.78 is 2.09. The zero-order valence-corrected chi connectivity index (χ0v) is 13.0. The van der Waals surface area contributed by atoms with Gasteiger partial charge in [0.2, 0.25) is 0 Å². The normalized spacial score (nSPS) is 12.4. The van der Waals surface area contributed by atoms with E-state index in [2.05, 4.69) is 26.2 Å². The summed E-state index contributed by atoms with van der Waals surface area (Å²) in [4.78, 5) is 10.7. The van der Waals surface area contributed by atoms with Crippen LogP contribution in [0.2, 0.25) is 10.0 Å². The number of halogens is 3. The Hall–Kier alpha value is -1.15. The van der Waals surface area contributed by atoms with Gasteiger partial charge in [-0.3, -0.25) is 4.79 Å². The molecule has 1 unspecified atom stereocenters. The quantitative estimate of drug-likeness (QED) is 0.794. The van der Waals surface area contributed by atoms with E-state index in [1.54, 1.807) is 18.3 Å². The molecule has 9 heteroatoms. The van der Waals surface area contributed by atoms with Crippen molar-refractivity contribution in [2.45, 2.75) is 12.5 Å². The molecule has 0 radical (unpaired) electrons. The van der Waals surface area contributed by atoms with Gasteiger partial charge in [-0.1, -0.05) is 28.4 Å². The predicted octanol–water partition coefficient (Wildman–Crippen LogP) is 2.29. The Bertz CT molecular complexity index is 662. The van der Waals surface area contributed by atoms with E-state index in [1.165, 1.54) is 4.68 Å². The molecule has 0 amide bonds. The Morgan fingerprint density at radius 3 is 2.80 bits per heavy atom. The monoisotopic (exact) mass is 378 g/mol. The molecule has 0 saturated heterocycles. The number of nitrogens with zero attached hydrogens (tertiary/aromatic N) is 3. The predicted molar refractivity (Wildman–Crippen MR) is 78.4 cm³/mol. The molecule has 6 nitrogen and oxygen atoms in total. The second-order valence-electron chi connectivity index (χ2n) is 4.00. The highest BCUT2D eigenvalue weighted by Crippen LogP contribution is 2.34. The molecule has 0 aliphatic heterocycles. The number of carboxylic acid groups (broad SMARTS) is 1. The van der Waals surface area contributed by atoms with Crippen molar-refractivity contribution in [3.8, 4) is 5.69 Å². The zero-order valence-electron chi connectivity index (χ0n) is 9.92. The number of nitrogens with two attached hydrogens (primary N) is 1. The Balaban J connectivity index is 2.30. The summed E-state index contributed by atoms with van der Waals surface area (Å²) in [6.45, 7) is 0. The average molecular weight is 380 g/mol. The molecule has 2 rings (SSSR count). The van der Waals surface area contributed by atoms with Gasteiger partial charge >= 0.3 is 5.97 Å². The molecule has 20 heavy (non-hydrogen) atoms. The molecule has 0 fully saturated rings. The first-order valence-corrected chi connectivity index (χ1v) is 6.98. The minimum atomic E-state index is -1.09. The van der Waals surface area contributed by atoms with Crippen LogP contribution in [0, 0.1) is 0 Å². The molecular weight excluding hydrogens is 371 g/mol. The first kappa shape index (κ1) is 15.2. The van der Waals surface area contributed by atoms with E-state index in [9.17, 15) is 4.79 Å². The maximum Gasteiger partial charge on any atom is 0.320 e. The average Bonchev–Trinajstić information content (AvgIpc) is 2.84. The fraction of sp³-hybridized carbons (Fsp3) is 0.182. The summed E-state index contributed by atoms with van der Waals surface area (Å²) >= 11 is 15.4. The van der Waals surface area contributed by atoms with Crippen LogP contribution in [0.3, 0.4) is 0 Å². The fourth-order valence-electron chi connectivity index (χ4n) is 1.51. The molecule has 0 aliphatic carbocycles. The van der Waals surface area contributed by atoms with Crippen LogP contribution in [0.25, 0.3) is 5.69 Å². The van der Waals surface area contributed by atoms with Crippen LogP contribution in [-0.4, -0.2) is 32.1 Å². The van der Waals surface area contributed by atoms with Gasteiger partial charge in [0.25, 0.3) is 0 Å². The lowest BCUT2D eigenvalue weighted by molar-refractivity contribution is -0.138. The Morgan fingerprint density at radius 2 is 2.15 bits per heavy atom. The minimum absolute atomic E-state index is 0.0806. The number of benzene rings is 1. The zero-order chi connectivity index (χ0) is 14.9. The van der Waals surface area contributed by atoms with Crippen molar-refractivity contribution in [2.75, 3.05) is 0 Å². The lowest BCUT2D eigenvalue weighted by atomic mass is 10.2. The van der Waals surface area contributed by atoms with Gasteiger partial charge in [0.15, 0.2) is 0 Å². The third-order valence-electron chi connectivity index (χ3n) is 2.55.